The first-order valence-electron chi connectivity index (χ1n) is 5.76. The van der Waals surface area contributed by atoms with Gasteiger partial charge in [0.05, 0.1) is 21.8 Å². The van der Waals surface area contributed by atoms with Crippen LogP contribution in [-0.4, -0.2) is 19.9 Å². The Morgan fingerprint density at radius 2 is 2.05 bits per heavy atom. The van der Waals surface area contributed by atoms with Gasteiger partial charge in [-0.3, -0.25) is 16.0 Å². The average molecular weight is 270 g/mol. The summed E-state index contributed by atoms with van der Waals surface area (Å²) in [5.74, 6) is 5.34. The van der Waals surface area contributed by atoms with Crippen molar-refractivity contribution in [2.45, 2.75) is 0 Å². The summed E-state index contributed by atoms with van der Waals surface area (Å²) in [4.78, 5) is 10.5. The van der Waals surface area contributed by atoms with Crippen molar-refractivity contribution in [3.63, 3.8) is 0 Å². The number of benzene rings is 2. The Balaban J connectivity index is 2.23. The molecule has 0 atom stereocenters. The number of hydrogen-bond donors (Lipinski definition) is 2. The van der Waals surface area contributed by atoms with Gasteiger partial charge in [0.15, 0.2) is 0 Å². The number of nitro groups is 1. The molecule has 0 saturated carbocycles. The second-order valence-electron chi connectivity index (χ2n) is 4.13. The van der Waals surface area contributed by atoms with Crippen LogP contribution in [0.1, 0.15) is 0 Å². The fourth-order valence-corrected chi connectivity index (χ4v) is 1.97. The number of aromatic nitrogens is 3. The predicted octanol–water partition coefficient (Wildman–Crippen LogP) is 1.61. The van der Waals surface area contributed by atoms with Crippen molar-refractivity contribution in [2.24, 2.45) is 5.84 Å². The quantitative estimate of drug-likeness (QED) is 0.425. The maximum Gasteiger partial charge on any atom is 0.273 e. The molecule has 0 fully saturated rings. The largest absolute Gasteiger partial charge is 0.324 e. The Labute approximate surface area is 112 Å². The lowest BCUT2D eigenvalue weighted by atomic mass is 10.2. The Kier molecular flexibility index (Phi) is 2.77. The molecule has 20 heavy (non-hydrogen) atoms. The molecule has 2 aromatic carbocycles. The number of nitrogens with one attached hydrogen (secondary N) is 1. The van der Waals surface area contributed by atoms with Gasteiger partial charge in [-0.2, -0.15) is 0 Å². The predicted molar refractivity (Wildman–Crippen MR) is 73.3 cm³/mol. The van der Waals surface area contributed by atoms with E-state index in [0.29, 0.717) is 16.9 Å². The van der Waals surface area contributed by atoms with Gasteiger partial charge in [-0.25, -0.2) is 4.68 Å². The third kappa shape index (κ3) is 1.93. The fraction of sp³-hybridized carbons (Fsp3) is 0. The van der Waals surface area contributed by atoms with E-state index in [1.807, 2.05) is 24.3 Å². The number of nitrogen functional groups attached to an aromatic ring is 1. The SMILES string of the molecule is NNc1cc(-n2nnc3ccccc32)cc([N+](=O)[O-])c1. The highest BCUT2D eigenvalue weighted by molar-refractivity contribution is 5.76. The molecule has 3 N–H and O–H groups in total. The van der Waals surface area contributed by atoms with Crippen molar-refractivity contribution in [2.75, 3.05) is 5.43 Å². The summed E-state index contributed by atoms with van der Waals surface area (Å²) in [6, 6.07) is 11.8. The molecule has 8 nitrogen and oxygen atoms in total. The Morgan fingerprint density at radius 1 is 1.25 bits per heavy atom. The molecule has 8 heteroatoms. The Bertz CT molecular complexity index is 797. The molecule has 0 amide bonds. The molecule has 3 aromatic rings. The number of anilines is 1. The normalized spacial score (nSPS) is 10.7. The van der Waals surface area contributed by atoms with Crippen LogP contribution in [0.5, 0.6) is 0 Å². The Morgan fingerprint density at radius 3 is 2.80 bits per heavy atom. The molecule has 3 rings (SSSR count). The maximum absolute atomic E-state index is 10.9. The average Bonchev–Trinajstić information content (AvgIpc) is 2.90. The van der Waals surface area contributed by atoms with Gasteiger partial charge in [-0.15, -0.1) is 5.10 Å². The minimum absolute atomic E-state index is 0.0740. The van der Waals surface area contributed by atoms with Crippen LogP contribution in [0.25, 0.3) is 16.7 Å². The summed E-state index contributed by atoms with van der Waals surface area (Å²) in [5, 5.41) is 19.0. The van der Waals surface area contributed by atoms with E-state index < -0.39 is 4.92 Å². The standard InChI is InChI=1S/C12H10N6O2/c13-14-8-5-9(7-10(6-8)18(19)20)17-12-4-2-1-3-11(12)15-16-17/h1-7,14H,13H2. The zero-order valence-corrected chi connectivity index (χ0v) is 10.2. The number of para-hydroxylation sites is 1. The molecule has 1 aromatic heterocycles. The second-order valence-corrected chi connectivity index (χ2v) is 4.13. The van der Waals surface area contributed by atoms with Crippen molar-refractivity contribution in [1.29, 1.82) is 0 Å². The zero-order valence-electron chi connectivity index (χ0n) is 10.2. The maximum atomic E-state index is 10.9. The molecule has 0 saturated heterocycles. The van der Waals surface area contributed by atoms with Crippen LogP contribution in [0, 0.1) is 10.1 Å². The number of rotatable bonds is 3. The van der Waals surface area contributed by atoms with E-state index in [9.17, 15) is 10.1 Å². The lowest BCUT2D eigenvalue weighted by Crippen LogP contribution is -2.08. The highest BCUT2D eigenvalue weighted by atomic mass is 16.6. The first kappa shape index (κ1) is 12.1. The smallest absolute Gasteiger partial charge is 0.273 e. The third-order valence-corrected chi connectivity index (χ3v) is 2.88. The van der Waals surface area contributed by atoms with Gasteiger partial charge in [-0.1, -0.05) is 17.3 Å². The zero-order chi connectivity index (χ0) is 14.1. The van der Waals surface area contributed by atoms with Crippen molar-refractivity contribution in [3.05, 3.63) is 52.6 Å². The molecule has 0 radical (unpaired) electrons. The Hall–Kier alpha value is -3.00. The van der Waals surface area contributed by atoms with Gasteiger partial charge in [0, 0.05) is 12.1 Å². The number of non-ortho nitro benzene ring substituents is 1. The molecule has 0 aliphatic rings. The van der Waals surface area contributed by atoms with Crippen LogP contribution >= 0.6 is 0 Å². The molecule has 0 aliphatic heterocycles. The van der Waals surface area contributed by atoms with E-state index in [2.05, 4.69) is 15.7 Å². The van der Waals surface area contributed by atoms with Crippen molar-refractivity contribution in [3.8, 4) is 5.69 Å². The van der Waals surface area contributed by atoms with Crippen LogP contribution < -0.4 is 11.3 Å². The van der Waals surface area contributed by atoms with Gasteiger partial charge in [0.25, 0.3) is 5.69 Å². The molecular formula is C12H10N6O2. The summed E-state index contributed by atoms with van der Waals surface area (Å²) in [6.45, 7) is 0. The lowest BCUT2D eigenvalue weighted by molar-refractivity contribution is -0.384. The van der Waals surface area contributed by atoms with E-state index >= 15 is 0 Å². The van der Waals surface area contributed by atoms with Crippen molar-refractivity contribution >= 4 is 22.4 Å². The molecule has 100 valence electrons. The topological polar surface area (TPSA) is 112 Å². The molecule has 0 spiro atoms. The highest BCUT2D eigenvalue weighted by Gasteiger charge is 2.13. The van der Waals surface area contributed by atoms with Crippen LogP contribution in [0.2, 0.25) is 0 Å². The minimum atomic E-state index is -0.483. The number of hydrazine groups is 1. The summed E-state index contributed by atoms with van der Waals surface area (Å²) in [6.07, 6.45) is 0. The first-order chi connectivity index (χ1) is 9.69. The van der Waals surface area contributed by atoms with Crippen LogP contribution in [0.4, 0.5) is 11.4 Å². The third-order valence-electron chi connectivity index (χ3n) is 2.88. The number of hydrogen-bond acceptors (Lipinski definition) is 6. The monoisotopic (exact) mass is 270 g/mol. The minimum Gasteiger partial charge on any atom is -0.324 e. The van der Waals surface area contributed by atoms with Crippen molar-refractivity contribution in [1.82, 2.24) is 15.0 Å². The summed E-state index contributed by atoms with van der Waals surface area (Å²) in [7, 11) is 0. The molecule has 0 bridgehead atoms. The number of nitrogens with zero attached hydrogens (tertiary/aromatic N) is 4. The summed E-state index contributed by atoms with van der Waals surface area (Å²) in [5.41, 5.74) is 4.74. The summed E-state index contributed by atoms with van der Waals surface area (Å²) >= 11 is 0. The van der Waals surface area contributed by atoms with Gasteiger partial charge < -0.3 is 5.43 Å². The van der Waals surface area contributed by atoms with E-state index in [-0.39, 0.29) is 5.69 Å². The van der Waals surface area contributed by atoms with E-state index in [0.717, 1.165) is 5.52 Å². The van der Waals surface area contributed by atoms with Gasteiger partial charge in [0.2, 0.25) is 0 Å². The fourth-order valence-electron chi connectivity index (χ4n) is 1.97. The van der Waals surface area contributed by atoms with Gasteiger partial charge >= 0.3 is 0 Å². The van der Waals surface area contributed by atoms with Gasteiger partial charge in [0.1, 0.15) is 5.52 Å². The van der Waals surface area contributed by atoms with Crippen LogP contribution in [0.3, 0.4) is 0 Å². The number of fused-ring (bicyclic) bond motifs is 1. The highest BCUT2D eigenvalue weighted by Crippen LogP contribution is 2.24. The number of nitrogens with two attached hydrogens (primary N) is 1. The lowest BCUT2D eigenvalue weighted by Gasteiger charge is -2.05. The first-order valence-corrected chi connectivity index (χ1v) is 5.76. The van der Waals surface area contributed by atoms with Crippen molar-refractivity contribution < 1.29 is 4.92 Å². The van der Waals surface area contributed by atoms with Crippen LogP contribution in [-0.2, 0) is 0 Å². The molecule has 0 aliphatic carbocycles. The molecule has 1 heterocycles. The second kappa shape index (κ2) is 4.59. The van der Waals surface area contributed by atoms with Gasteiger partial charge in [-0.05, 0) is 18.2 Å². The van der Waals surface area contributed by atoms with E-state index in [1.54, 1.807) is 6.07 Å². The molecular weight excluding hydrogens is 260 g/mol. The summed E-state index contributed by atoms with van der Waals surface area (Å²) < 4.78 is 1.53. The van der Waals surface area contributed by atoms with E-state index in [4.69, 9.17) is 5.84 Å². The van der Waals surface area contributed by atoms with E-state index in [1.165, 1.54) is 16.8 Å². The molecule has 0 unspecified atom stereocenters. The van der Waals surface area contributed by atoms with Crippen LogP contribution in [0.15, 0.2) is 42.5 Å². The number of nitro benzene ring substituents is 1.